The third-order valence-corrected chi connectivity index (χ3v) is 5.72. The predicted octanol–water partition coefficient (Wildman–Crippen LogP) is 5.01. The van der Waals surface area contributed by atoms with Crippen molar-refractivity contribution in [1.82, 2.24) is 0 Å². The van der Waals surface area contributed by atoms with Crippen LogP contribution in [-0.2, 0) is 0 Å². The molecule has 1 aliphatic carbocycles. The van der Waals surface area contributed by atoms with Crippen molar-refractivity contribution in [2.45, 2.75) is 65.4 Å². The summed E-state index contributed by atoms with van der Waals surface area (Å²) in [5.74, 6) is 2.05. The molecule has 2 heteroatoms. The SMILES string of the molecule is CCC1(C)Oc2cc(C)c(C)c(O)c2[C@H]2C=C(C)CCC21. The lowest BCUT2D eigenvalue weighted by Crippen LogP contribution is -2.47. The van der Waals surface area contributed by atoms with E-state index in [-0.39, 0.29) is 11.5 Å². The van der Waals surface area contributed by atoms with Crippen LogP contribution >= 0.6 is 0 Å². The van der Waals surface area contributed by atoms with Gasteiger partial charge in [-0.1, -0.05) is 18.6 Å². The third kappa shape index (κ3) is 2.07. The van der Waals surface area contributed by atoms with Crippen molar-refractivity contribution < 1.29 is 9.84 Å². The van der Waals surface area contributed by atoms with E-state index in [1.165, 1.54) is 5.57 Å². The molecule has 2 unspecified atom stereocenters. The van der Waals surface area contributed by atoms with E-state index in [0.29, 0.717) is 11.7 Å². The Morgan fingerprint density at radius 2 is 2.05 bits per heavy atom. The number of benzene rings is 1. The van der Waals surface area contributed by atoms with Gasteiger partial charge in [-0.25, -0.2) is 0 Å². The first-order chi connectivity index (χ1) is 9.87. The van der Waals surface area contributed by atoms with Gasteiger partial charge in [0.05, 0.1) is 0 Å². The highest BCUT2D eigenvalue weighted by Crippen LogP contribution is 2.55. The lowest BCUT2D eigenvalue weighted by atomic mass is 9.66. The van der Waals surface area contributed by atoms with Crippen molar-refractivity contribution in [1.29, 1.82) is 0 Å². The molecule has 2 aliphatic rings. The Labute approximate surface area is 127 Å². The summed E-state index contributed by atoms with van der Waals surface area (Å²) in [6.07, 6.45) is 5.64. The summed E-state index contributed by atoms with van der Waals surface area (Å²) >= 11 is 0. The number of allylic oxidation sites excluding steroid dienone is 2. The maximum atomic E-state index is 10.7. The van der Waals surface area contributed by atoms with Crippen LogP contribution < -0.4 is 4.74 Å². The van der Waals surface area contributed by atoms with Crippen molar-refractivity contribution in [3.8, 4) is 11.5 Å². The van der Waals surface area contributed by atoms with Crippen molar-refractivity contribution in [2.75, 3.05) is 0 Å². The average molecular weight is 286 g/mol. The highest BCUT2D eigenvalue weighted by Gasteiger charge is 2.47. The maximum Gasteiger partial charge on any atom is 0.127 e. The van der Waals surface area contributed by atoms with Crippen LogP contribution in [0, 0.1) is 19.8 Å². The average Bonchev–Trinajstić information content (AvgIpc) is 2.44. The number of phenolic OH excluding ortho intramolecular Hbond substituents is 1. The van der Waals surface area contributed by atoms with Crippen LogP contribution in [0.1, 0.15) is 62.6 Å². The fourth-order valence-electron chi connectivity index (χ4n) is 3.99. The van der Waals surface area contributed by atoms with Crippen molar-refractivity contribution >= 4 is 0 Å². The van der Waals surface area contributed by atoms with E-state index >= 15 is 0 Å². The summed E-state index contributed by atoms with van der Waals surface area (Å²) in [5.41, 5.74) is 4.38. The van der Waals surface area contributed by atoms with Gasteiger partial charge >= 0.3 is 0 Å². The van der Waals surface area contributed by atoms with Crippen LogP contribution in [0.4, 0.5) is 0 Å². The molecule has 2 nitrogen and oxygen atoms in total. The monoisotopic (exact) mass is 286 g/mol. The zero-order chi connectivity index (χ0) is 15.4. The van der Waals surface area contributed by atoms with E-state index in [2.05, 4.69) is 32.9 Å². The van der Waals surface area contributed by atoms with Crippen LogP contribution in [0.2, 0.25) is 0 Å². The lowest BCUT2D eigenvalue weighted by molar-refractivity contribution is -0.00907. The molecule has 1 aromatic rings. The van der Waals surface area contributed by atoms with Gasteiger partial charge in [-0.15, -0.1) is 0 Å². The lowest BCUT2D eigenvalue weighted by Gasteiger charge is -2.48. The van der Waals surface area contributed by atoms with Crippen LogP contribution in [0.25, 0.3) is 0 Å². The molecule has 1 N–H and O–H groups in total. The molecule has 0 amide bonds. The zero-order valence-electron chi connectivity index (χ0n) is 13.8. The summed E-state index contributed by atoms with van der Waals surface area (Å²) < 4.78 is 6.40. The van der Waals surface area contributed by atoms with E-state index in [4.69, 9.17) is 4.74 Å². The molecule has 21 heavy (non-hydrogen) atoms. The fraction of sp³-hybridized carbons (Fsp3) is 0.579. The molecule has 0 spiro atoms. The van der Waals surface area contributed by atoms with E-state index in [1.54, 1.807) is 0 Å². The van der Waals surface area contributed by atoms with E-state index in [0.717, 1.165) is 41.7 Å². The zero-order valence-corrected chi connectivity index (χ0v) is 13.8. The number of fused-ring (bicyclic) bond motifs is 3. The molecule has 1 heterocycles. The van der Waals surface area contributed by atoms with Crippen LogP contribution in [0.15, 0.2) is 17.7 Å². The Bertz CT molecular complexity index is 614. The highest BCUT2D eigenvalue weighted by atomic mass is 16.5. The molecular formula is C19H26O2. The second kappa shape index (κ2) is 4.79. The topological polar surface area (TPSA) is 29.5 Å². The largest absolute Gasteiger partial charge is 0.507 e. The minimum atomic E-state index is -0.136. The summed E-state index contributed by atoms with van der Waals surface area (Å²) in [7, 11) is 0. The van der Waals surface area contributed by atoms with Crippen molar-refractivity contribution in [3.63, 3.8) is 0 Å². The molecular weight excluding hydrogens is 260 g/mol. The van der Waals surface area contributed by atoms with Crippen molar-refractivity contribution in [3.05, 3.63) is 34.4 Å². The molecule has 0 saturated heterocycles. The Morgan fingerprint density at radius 1 is 1.33 bits per heavy atom. The molecule has 114 valence electrons. The Balaban J connectivity index is 2.24. The smallest absolute Gasteiger partial charge is 0.127 e. The molecule has 0 bridgehead atoms. The number of aryl methyl sites for hydroxylation is 1. The first kappa shape index (κ1) is 14.5. The number of hydrogen-bond donors (Lipinski definition) is 1. The van der Waals surface area contributed by atoms with Crippen LogP contribution in [0.5, 0.6) is 11.5 Å². The first-order valence-electron chi connectivity index (χ1n) is 8.06. The summed E-state index contributed by atoms with van der Waals surface area (Å²) in [4.78, 5) is 0. The maximum absolute atomic E-state index is 10.7. The second-order valence-electron chi connectivity index (χ2n) is 7.03. The minimum Gasteiger partial charge on any atom is -0.507 e. The van der Waals surface area contributed by atoms with Crippen molar-refractivity contribution in [2.24, 2.45) is 5.92 Å². The van der Waals surface area contributed by atoms with Gasteiger partial charge in [0.15, 0.2) is 0 Å². The molecule has 0 saturated carbocycles. The molecule has 1 aromatic carbocycles. The second-order valence-corrected chi connectivity index (χ2v) is 7.03. The van der Waals surface area contributed by atoms with Gasteiger partial charge in [0.2, 0.25) is 0 Å². The standard InChI is InChI=1S/C19H26O2/c1-6-19(5)15-8-7-11(2)9-14(15)17-16(21-19)10-12(3)13(4)18(17)20/h9-10,14-15,20H,6-8H2,1-5H3/t14-,15?,19?/m0/s1. The van der Waals surface area contributed by atoms with Gasteiger partial charge in [0, 0.05) is 17.4 Å². The molecule has 0 aromatic heterocycles. The van der Waals surface area contributed by atoms with Gasteiger partial charge < -0.3 is 9.84 Å². The van der Waals surface area contributed by atoms with E-state index in [9.17, 15) is 5.11 Å². The van der Waals surface area contributed by atoms with E-state index in [1.807, 2.05) is 13.8 Å². The minimum absolute atomic E-state index is 0.136. The molecule has 3 atom stereocenters. The van der Waals surface area contributed by atoms with Crippen LogP contribution in [0.3, 0.4) is 0 Å². The highest BCUT2D eigenvalue weighted by molar-refractivity contribution is 5.57. The molecule has 3 rings (SSSR count). The van der Waals surface area contributed by atoms with Gasteiger partial charge in [-0.3, -0.25) is 0 Å². The summed E-state index contributed by atoms with van der Waals surface area (Å²) in [6.45, 7) is 10.7. The Kier molecular flexibility index (Phi) is 3.31. The first-order valence-corrected chi connectivity index (χ1v) is 8.06. The molecule has 0 radical (unpaired) electrons. The summed E-state index contributed by atoms with van der Waals surface area (Å²) in [5, 5.41) is 10.7. The number of aromatic hydroxyl groups is 1. The Morgan fingerprint density at radius 3 is 2.71 bits per heavy atom. The van der Waals surface area contributed by atoms with Gasteiger partial charge in [0.25, 0.3) is 0 Å². The number of phenols is 1. The van der Waals surface area contributed by atoms with E-state index < -0.39 is 0 Å². The van der Waals surface area contributed by atoms with Crippen LogP contribution in [-0.4, -0.2) is 10.7 Å². The molecule has 1 aliphatic heterocycles. The summed E-state index contributed by atoms with van der Waals surface area (Å²) in [6, 6.07) is 2.10. The van der Waals surface area contributed by atoms with Gasteiger partial charge in [-0.05, 0) is 64.2 Å². The normalized spacial score (nSPS) is 31.0. The fourth-order valence-corrected chi connectivity index (χ4v) is 3.99. The number of rotatable bonds is 1. The molecule has 0 fully saturated rings. The third-order valence-electron chi connectivity index (χ3n) is 5.72. The Hall–Kier alpha value is -1.44. The van der Waals surface area contributed by atoms with Gasteiger partial charge in [-0.2, -0.15) is 0 Å². The number of hydrogen-bond acceptors (Lipinski definition) is 2. The number of ether oxygens (including phenoxy) is 1. The predicted molar refractivity (Wildman–Crippen MR) is 86.1 cm³/mol. The van der Waals surface area contributed by atoms with Gasteiger partial charge in [0.1, 0.15) is 17.1 Å². The quantitative estimate of drug-likeness (QED) is 0.735.